The normalized spacial score (nSPS) is 10.6. The highest BCUT2D eigenvalue weighted by Crippen LogP contribution is 2.21. The van der Waals surface area contributed by atoms with Crippen LogP contribution in [0.3, 0.4) is 0 Å². The Morgan fingerprint density at radius 1 is 0.920 bits per heavy atom. The molecule has 0 aliphatic carbocycles. The average Bonchev–Trinajstić information content (AvgIpc) is 3.11. The molecule has 0 unspecified atom stereocenters. The molecule has 122 valence electrons. The molecule has 6 heteroatoms. The molecule has 0 radical (unpaired) electrons. The molecule has 0 aliphatic rings. The van der Waals surface area contributed by atoms with E-state index in [0.29, 0.717) is 11.4 Å². The minimum absolute atomic E-state index is 0.342. The number of hydrogen-bond donors (Lipinski definition) is 2. The summed E-state index contributed by atoms with van der Waals surface area (Å²) in [7, 11) is 0. The fraction of sp³-hybridized carbons (Fsp3) is 0. The van der Waals surface area contributed by atoms with Crippen molar-refractivity contribution in [2.45, 2.75) is 0 Å². The predicted molar refractivity (Wildman–Crippen MR) is 97.9 cm³/mol. The van der Waals surface area contributed by atoms with Crippen LogP contribution in [0.15, 0.2) is 79.3 Å². The van der Waals surface area contributed by atoms with Crippen LogP contribution in [0.25, 0.3) is 16.6 Å². The van der Waals surface area contributed by atoms with E-state index in [4.69, 9.17) is 0 Å². The number of urea groups is 1. The number of amides is 2. The van der Waals surface area contributed by atoms with E-state index < -0.39 is 0 Å². The van der Waals surface area contributed by atoms with Crippen molar-refractivity contribution >= 4 is 28.3 Å². The van der Waals surface area contributed by atoms with Crippen molar-refractivity contribution < 1.29 is 4.79 Å². The van der Waals surface area contributed by atoms with Gasteiger partial charge in [-0.05, 0) is 24.3 Å². The third kappa shape index (κ3) is 3.18. The van der Waals surface area contributed by atoms with Crippen LogP contribution in [0.1, 0.15) is 0 Å². The summed E-state index contributed by atoms with van der Waals surface area (Å²) in [5.74, 6) is 0. The van der Waals surface area contributed by atoms with Crippen molar-refractivity contribution in [2.75, 3.05) is 10.6 Å². The first-order valence-electron chi connectivity index (χ1n) is 7.81. The third-order valence-corrected chi connectivity index (χ3v) is 3.74. The van der Waals surface area contributed by atoms with Gasteiger partial charge >= 0.3 is 6.03 Å². The largest absolute Gasteiger partial charge is 0.323 e. The SMILES string of the molecule is O=C(Nc1cnn(-c2ccccc2)c1)Nc1cccc2cccnc12. The van der Waals surface area contributed by atoms with E-state index in [1.165, 1.54) is 0 Å². The average molecular weight is 329 g/mol. The fourth-order valence-electron chi connectivity index (χ4n) is 2.60. The zero-order valence-corrected chi connectivity index (χ0v) is 13.3. The topological polar surface area (TPSA) is 71.8 Å². The lowest BCUT2D eigenvalue weighted by Gasteiger charge is -2.08. The standard InChI is InChI=1S/C19H15N5O/c25-19(23-17-10-4-6-14-7-5-11-20-18(14)17)22-15-12-21-24(13-15)16-8-2-1-3-9-16/h1-13H,(H2,22,23,25). The van der Waals surface area contributed by atoms with Gasteiger partial charge < -0.3 is 10.6 Å². The molecular weight excluding hydrogens is 314 g/mol. The van der Waals surface area contributed by atoms with Gasteiger partial charge in [0.2, 0.25) is 0 Å². The Bertz CT molecular complexity index is 1020. The first kappa shape index (κ1) is 14.9. The van der Waals surface area contributed by atoms with E-state index in [1.54, 1.807) is 23.3 Å². The van der Waals surface area contributed by atoms with Gasteiger partial charge in [-0.15, -0.1) is 0 Å². The maximum atomic E-state index is 12.3. The third-order valence-electron chi connectivity index (χ3n) is 3.74. The second kappa shape index (κ2) is 6.45. The molecular formula is C19H15N5O. The Kier molecular flexibility index (Phi) is 3.84. The molecule has 2 aromatic heterocycles. The fourth-order valence-corrected chi connectivity index (χ4v) is 2.60. The van der Waals surface area contributed by atoms with Crippen LogP contribution >= 0.6 is 0 Å². The molecule has 0 fully saturated rings. The zero-order valence-electron chi connectivity index (χ0n) is 13.3. The summed E-state index contributed by atoms with van der Waals surface area (Å²) in [5.41, 5.74) is 2.94. The van der Waals surface area contributed by atoms with Gasteiger partial charge in [-0.1, -0.05) is 36.4 Å². The molecule has 2 amide bonds. The summed E-state index contributed by atoms with van der Waals surface area (Å²) in [5, 5.41) is 10.8. The van der Waals surface area contributed by atoms with Crippen molar-refractivity contribution in [3.63, 3.8) is 0 Å². The van der Waals surface area contributed by atoms with Gasteiger partial charge in [-0.2, -0.15) is 5.10 Å². The van der Waals surface area contributed by atoms with E-state index in [9.17, 15) is 4.79 Å². The van der Waals surface area contributed by atoms with E-state index in [-0.39, 0.29) is 6.03 Å². The summed E-state index contributed by atoms with van der Waals surface area (Å²) < 4.78 is 1.70. The number of anilines is 2. The summed E-state index contributed by atoms with van der Waals surface area (Å²) in [4.78, 5) is 16.6. The maximum absolute atomic E-state index is 12.3. The number of carbonyl (C=O) groups excluding carboxylic acids is 1. The quantitative estimate of drug-likeness (QED) is 0.595. The van der Waals surface area contributed by atoms with Crippen LogP contribution in [0.2, 0.25) is 0 Å². The van der Waals surface area contributed by atoms with Crippen LogP contribution in [0, 0.1) is 0 Å². The molecule has 0 bridgehead atoms. The summed E-state index contributed by atoms with van der Waals surface area (Å²) in [6, 6.07) is 18.8. The monoisotopic (exact) mass is 329 g/mol. The lowest BCUT2D eigenvalue weighted by atomic mass is 10.2. The molecule has 4 aromatic rings. The zero-order chi connectivity index (χ0) is 17.1. The Morgan fingerprint density at radius 3 is 2.64 bits per heavy atom. The molecule has 0 spiro atoms. The first-order valence-corrected chi connectivity index (χ1v) is 7.81. The number of fused-ring (bicyclic) bond motifs is 1. The highest BCUT2D eigenvalue weighted by molar-refractivity contribution is 6.04. The summed E-state index contributed by atoms with van der Waals surface area (Å²) in [6.07, 6.45) is 5.07. The Balaban J connectivity index is 1.50. The molecule has 2 heterocycles. The van der Waals surface area contributed by atoms with Crippen LogP contribution in [0.4, 0.5) is 16.2 Å². The molecule has 0 saturated heterocycles. The number of nitrogens with one attached hydrogen (secondary N) is 2. The van der Waals surface area contributed by atoms with E-state index in [0.717, 1.165) is 16.6 Å². The first-order chi connectivity index (χ1) is 12.3. The van der Waals surface area contributed by atoms with Gasteiger partial charge in [0.25, 0.3) is 0 Å². The molecule has 0 atom stereocenters. The highest BCUT2D eigenvalue weighted by atomic mass is 16.2. The summed E-state index contributed by atoms with van der Waals surface area (Å²) >= 11 is 0. The molecule has 0 saturated carbocycles. The van der Waals surface area contributed by atoms with Gasteiger partial charge in [0.1, 0.15) is 0 Å². The molecule has 0 aliphatic heterocycles. The van der Waals surface area contributed by atoms with Gasteiger partial charge in [-0.3, -0.25) is 4.98 Å². The number of carbonyl (C=O) groups is 1. The minimum atomic E-state index is -0.342. The number of nitrogens with zero attached hydrogens (tertiary/aromatic N) is 3. The van der Waals surface area contributed by atoms with Crippen molar-refractivity contribution in [3.05, 3.63) is 79.3 Å². The van der Waals surface area contributed by atoms with Crippen LogP contribution in [-0.2, 0) is 0 Å². The Hall–Kier alpha value is -3.67. The number of pyridine rings is 1. The highest BCUT2D eigenvalue weighted by Gasteiger charge is 2.08. The number of rotatable bonds is 3. The van der Waals surface area contributed by atoms with Crippen LogP contribution in [0.5, 0.6) is 0 Å². The van der Waals surface area contributed by atoms with Crippen molar-refractivity contribution in [1.29, 1.82) is 0 Å². The summed E-state index contributed by atoms with van der Waals surface area (Å²) in [6.45, 7) is 0. The van der Waals surface area contributed by atoms with E-state index >= 15 is 0 Å². The number of para-hydroxylation sites is 2. The van der Waals surface area contributed by atoms with Crippen molar-refractivity contribution in [3.8, 4) is 5.69 Å². The van der Waals surface area contributed by atoms with Gasteiger partial charge in [0.15, 0.2) is 0 Å². The molecule has 6 nitrogen and oxygen atoms in total. The maximum Gasteiger partial charge on any atom is 0.323 e. The van der Waals surface area contributed by atoms with Crippen molar-refractivity contribution in [2.24, 2.45) is 0 Å². The predicted octanol–water partition coefficient (Wildman–Crippen LogP) is 4.06. The van der Waals surface area contributed by atoms with Crippen LogP contribution in [-0.4, -0.2) is 20.8 Å². The Labute approximate surface area is 144 Å². The minimum Gasteiger partial charge on any atom is -0.306 e. The smallest absolute Gasteiger partial charge is 0.306 e. The van der Waals surface area contributed by atoms with Crippen LogP contribution < -0.4 is 10.6 Å². The van der Waals surface area contributed by atoms with Gasteiger partial charge in [-0.25, -0.2) is 9.48 Å². The lowest BCUT2D eigenvalue weighted by Crippen LogP contribution is -2.19. The second-order valence-corrected chi connectivity index (χ2v) is 5.47. The molecule has 2 N–H and O–H groups in total. The Morgan fingerprint density at radius 2 is 1.76 bits per heavy atom. The van der Waals surface area contributed by atoms with Gasteiger partial charge in [0.05, 0.1) is 35.0 Å². The van der Waals surface area contributed by atoms with Crippen molar-refractivity contribution in [1.82, 2.24) is 14.8 Å². The molecule has 4 rings (SSSR count). The van der Waals surface area contributed by atoms with E-state index in [1.807, 2.05) is 60.7 Å². The van der Waals surface area contributed by atoms with Gasteiger partial charge in [0, 0.05) is 11.6 Å². The lowest BCUT2D eigenvalue weighted by molar-refractivity contribution is 0.262. The number of hydrogen-bond acceptors (Lipinski definition) is 3. The molecule has 25 heavy (non-hydrogen) atoms. The second-order valence-electron chi connectivity index (χ2n) is 5.47. The number of aromatic nitrogens is 3. The number of benzene rings is 2. The molecule has 2 aromatic carbocycles. The van der Waals surface area contributed by atoms with E-state index in [2.05, 4.69) is 20.7 Å².